The van der Waals surface area contributed by atoms with Crippen LogP contribution in [0, 0.1) is 18.3 Å². The Labute approximate surface area is 172 Å². The lowest BCUT2D eigenvalue weighted by atomic mass is 10.2. The van der Waals surface area contributed by atoms with Crippen LogP contribution in [0.2, 0.25) is 0 Å². The number of hydrogen-bond acceptors (Lipinski definition) is 7. The summed E-state index contributed by atoms with van der Waals surface area (Å²) >= 11 is 1.32. The van der Waals surface area contributed by atoms with E-state index in [1.807, 2.05) is 72.2 Å². The average molecular weight is 400 g/mol. The van der Waals surface area contributed by atoms with E-state index < -0.39 is 0 Å². The summed E-state index contributed by atoms with van der Waals surface area (Å²) in [6.07, 6.45) is 0. The normalized spacial score (nSPS) is 10.5. The summed E-state index contributed by atoms with van der Waals surface area (Å²) in [6.45, 7) is 2.27. The Morgan fingerprint density at radius 2 is 1.72 bits per heavy atom. The summed E-state index contributed by atoms with van der Waals surface area (Å²) in [4.78, 5) is 0. The lowest BCUT2D eigenvalue weighted by Crippen LogP contribution is -2.07. The number of aryl methyl sites for hydroxylation is 1. The van der Waals surface area contributed by atoms with Crippen molar-refractivity contribution in [1.82, 2.24) is 25.0 Å². The minimum Gasteiger partial charge on any atom is -0.485 e. The maximum Gasteiger partial charge on any atom is 0.202 e. The van der Waals surface area contributed by atoms with Crippen molar-refractivity contribution in [3.63, 3.8) is 0 Å². The predicted molar refractivity (Wildman–Crippen MR) is 108 cm³/mol. The first kappa shape index (κ1) is 18.7. The summed E-state index contributed by atoms with van der Waals surface area (Å²) in [5, 5.41) is 26.8. The zero-order chi connectivity index (χ0) is 20.1. The molecule has 0 saturated heterocycles. The van der Waals surface area contributed by atoms with Gasteiger partial charge in [0.1, 0.15) is 23.5 Å². The van der Waals surface area contributed by atoms with E-state index in [-0.39, 0.29) is 12.3 Å². The number of nitrogens with zero attached hydrogens (tertiary/aromatic N) is 6. The van der Waals surface area contributed by atoms with Crippen molar-refractivity contribution in [3.8, 4) is 17.5 Å². The molecule has 2 aromatic heterocycles. The van der Waals surface area contributed by atoms with E-state index in [9.17, 15) is 0 Å². The highest BCUT2D eigenvalue weighted by atomic mass is 32.2. The van der Waals surface area contributed by atoms with Gasteiger partial charge in [-0.3, -0.25) is 4.57 Å². The summed E-state index contributed by atoms with van der Waals surface area (Å²) in [5.74, 6) is 1.48. The molecule has 0 aliphatic rings. The number of aromatic nitrogens is 5. The van der Waals surface area contributed by atoms with Crippen molar-refractivity contribution in [2.75, 3.05) is 0 Å². The molecular formula is C21H16N6OS. The molecule has 0 N–H and O–H groups in total. The second-order valence-corrected chi connectivity index (χ2v) is 7.08. The Morgan fingerprint density at radius 1 is 0.931 bits per heavy atom. The Hall–Kier alpha value is -3.70. The van der Waals surface area contributed by atoms with Crippen LogP contribution in [0.5, 0.6) is 5.75 Å². The van der Waals surface area contributed by atoms with E-state index in [1.165, 1.54) is 11.8 Å². The van der Waals surface area contributed by atoms with Crippen LogP contribution in [0.3, 0.4) is 0 Å². The van der Waals surface area contributed by atoms with Gasteiger partial charge in [-0.2, -0.15) is 5.26 Å². The Kier molecular flexibility index (Phi) is 5.49. The molecule has 2 heterocycles. The lowest BCUT2D eigenvalue weighted by Gasteiger charge is -2.12. The molecule has 7 nitrogen and oxygen atoms in total. The minimum absolute atomic E-state index is 0.270. The molecule has 8 heteroatoms. The van der Waals surface area contributed by atoms with Crippen LogP contribution in [0.15, 0.2) is 76.9 Å². The first-order chi connectivity index (χ1) is 14.2. The number of nitriles is 1. The molecule has 2 aromatic carbocycles. The highest BCUT2D eigenvalue weighted by Crippen LogP contribution is 2.28. The van der Waals surface area contributed by atoms with Gasteiger partial charge in [-0.05, 0) is 54.6 Å². The second-order valence-electron chi connectivity index (χ2n) is 6.09. The number of ether oxygens (including phenoxy) is 1. The van der Waals surface area contributed by atoms with E-state index in [4.69, 9.17) is 10.00 Å². The molecule has 0 unspecified atom stereocenters. The van der Waals surface area contributed by atoms with E-state index >= 15 is 0 Å². The maximum absolute atomic E-state index is 8.89. The van der Waals surface area contributed by atoms with Crippen molar-refractivity contribution in [3.05, 3.63) is 83.8 Å². The standard InChI is InChI=1S/C21H16N6OS/c1-15-7-5-6-10-18(15)28-14-19-24-26-21(27(19)17-8-3-2-4-9-17)29-20-12-11-16(13-22)23-25-20/h2-12H,14H2,1H3. The van der Waals surface area contributed by atoms with Gasteiger partial charge in [-0.15, -0.1) is 20.4 Å². The summed E-state index contributed by atoms with van der Waals surface area (Å²) in [5.41, 5.74) is 2.25. The van der Waals surface area contributed by atoms with E-state index in [0.717, 1.165) is 17.0 Å². The van der Waals surface area contributed by atoms with Gasteiger partial charge in [0.2, 0.25) is 5.16 Å². The molecule has 4 rings (SSSR count). The van der Waals surface area contributed by atoms with Gasteiger partial charge in [0.25, 0.3) is 0 Å². The van der Waals surface area contributed by atoms with Crippen molar-refractivity contribution >= 4 is 11.8 Å². The molecule has 0 aliphatic carbocycles. The fraction of sp³-hybridized carbons (Fsp3) is 0.0952. The quantitative estimate of drug-likeness (QED) is 0.484. The molecule has 0 spiro atoms. The molecule has 142 valence electrons. The molecular weight excluding hydrogens is 384 g/mol. The van der Waals surface area contributed by atoms with Gasteiger partial charge < -0.3 is 4.74 Å². The van der Waals surface area contributed by atoms with Crippen LogP contribution in [0.1, 0.15) is 17.1 Å². The Morgan fingerprint density at radius 3 is 2.45 bits per heavy atom. The average Bonchev–Trinajstić information content (AvgIpc) is 3.16. The van der Waals surface area contributed by atoms with Gasteiger partial charge in [0.15, 0.2) is 11.5 Å². The van der Waals surface area contributed by atoms with Gasteiger partial charge >= 0.3 is 0 Å². The molecule has 0 saturated carbocycles. The molecule has 4 aromatic rings. The second kappa shape index (κ2) is 8.54. The molecule has 0 fully saturated rings. The maximum atomic E-state index is 8.89. The molecule has 0 radical (unpaired) electrons. The topological polar surface area (TPSA) is 89.5 Å². The molecule has 0 amide bonds. The SMILES string of the molecule is Cc1ccccc1OCc1nnc(Sc2ccc(C#N)nn2)n1-c1ccccc1. The summed E-state index contributed by atoms with van der Waals surface area (Å²) in [7, 11) is 0. The summed E-state index contributed by atoms with van der Waals surface area (Å²) in [6, 6.07) is 23.0. The first-order valence-corrected chi connectivity index (χ1v) is 9.66. The minimum atomic E-state index is 0.270. The van der Waals surface area contributed by atoms with Crippen molar-refractivity contribution in [2.24, 2.45) is 0 Å². The highest BCUT2D eigenvalue weighted by Gasteiger charge is 2.17. The van der Waals surface area contributed by atoms with Crippen LogP contribution < -0.4 is 4.74 Å². The van der Waals surface area contributed by atoms with Gasteiger partial charge in [-0.1, -0.05) is 36.4 Å². The van der Waals surface area contributed by atoms with Crippen LogP contribution in [0.4, 0.5) is 0 Å². The van der Waals surface area contributed by atoms with Crippen molar-refractivity contribution < 1.29 is 4.74 Å². The zero-order valence-electron chi connectivity index (χ0n) is 15.6. The number of benzene rings is 2. The third-order valence-electron chi connectivity index (χ3n) is 4.12. The third-order valence-corrected chi connectivity index (χ3v) is 4.99. The van der Waals surface area contributed by atoms with Gasteiger partial charge in [-0.25, -0.2) is 0 Å². The fourth-order valence-electron chi connectivity index (χ4n) is 2.68. The fourth-order valence-corrected chi connectivity index (χ4v) is 3.47. The first-order valence-electron chi connectivity index (χ1n) is 8.84. The summed E-state index contributed by atoms with van der Waals surface area (Å²) < 4.78 is 7.92. The van der Waals surface area contributed by atoms with E-state index in [1.54, 1.807) is 12.1 Å². The van der Waals surface area contributed by atoms with Crippen molar-refractivity contribution in [2.45, 2.75) is 23.7 Å². The molecule has 0 bridgehead atoms. The molecule has 0 atom stereocenters. The van der Waals surface area contributed by atoms with Crippen LogP contribution >= 0.6 is 11.8 Å². The van der Waals surface area contributed by atoms with E-state index in [2.05, 4.69) is 20.4 Å². The lowest BCUT2D eigenvalue weighted by molar-refractivity contribution is 0.291. The molecule has 29 heavy (non-hydrogen) atoms. The Balaban J connectivity index is 1.65. The smallest absolute Gasteiger partial charge is 0.202 e. The zero-order valence-corrected chi connectivity index (χ0v) is 16.4. The Bertz CT molecular complexity index is 1150. The molecule has 0 aliphatic heterocycles. The monoisotopic (exact) mass is 400 g/mol. The van der Waals surface area contributed by atoms with Gasteiger partial charge in [0.05, 0.1) is 0 Å². The predicted octanol–water partition coefficient (Wildman–Crippen LogP) is 3.97. The number of para-hydroxylation sites is 2. The van der Waals surface area contributed by atoms with Gasteiger partial charge in [0, 0.05) is 5.69 Å². The van der Waals surface area contributed by atoms with Crippen LogP contribution in [0.25, 0.3) is 5.69 Å². The van der Waals surface area contributed by atoms with Crippen LogP contribution in [-0.4, -0.2) is 25.0 Å². The largest absolute Gasteiger partial charge is 0.485 e. The number of rotatable bonds is 6. The van der Waals surface area contributed by atoms with E-state index in [0.29, 0.717) is 16.0 Å². The highest BCUT2D eigenvalue weighted by molar-refractivity contribution is 7.99. The van der Waals surface area contributed by atoms with Crippen molar-refractivity contribution in [1.29, 1.82) is 5.26 Å². The van der Waals surface area contributed by atoms with Crippen LogP contribution in [-0.2, 0) is 6.61 Å². The third kappa shape index (κ3) is 4.25. The number of hydrogen-bond donors (Lipinski definition) is 0.